The maximum absolute atomic E-state index is 3.58. The molecule has 0 spiro atoms. The summed E-state index contributed by atoms with van der Waals surface area (Å²) in [6.07, 6.45) is 8.18. The first kappa shape index (κ1) is 15.0. The third-order valence-electron chi connectivity index (χ3n) is 4.34. The van der Waals surface area contributed by atoms with E-state index in [1.807, 2.05) is 0 Å². The van der Waals surface area contributed by atoms with Gasteiger partial charge in [0.2, 0.25) is 0 Å². The van der Waals surface area contributed by atoms with Crippen molar-refractivity contribution in [2.24, 2.45) is 5.92 Å². The molecule has 17 heavy (non-hydrogen) atoms. The Kier molecular flexibility index (Phi) is 7.14. The summed E-state index contributed by atoms with van der Waals surface area (Å²) in [4.78, 5) is 2.65. The maximum Gasteiger partial charge on any atom is 0.0217 e. The van der Waals surface area contributed by atoms with Gasteiger partial charge in [-0.05, 0) is 45.2 Å². The minimum absolute atomic E-state index is 0.719. The number of likely N-dealkylation sites (N-methyl/N-ethyl adjacent to an activating group) is 1. The molecule has 0 aliphatic heterocycles. The minimum Gasteiger partial charge on any atom is -0.315 e. The average Bonchev–Trinajstić information content (AvgIpc) is 2.34. The average molecular weight is 240 g/mol. The molecule has 1 rings (SSSR count). The van der Waals surface area contributed by atoms with Crippen molar-refractivity contribution in [3.05, 3.63) is 0 Å². The van der Waals surface area contributed by atoms with Gasteiger partial charge in [0.1, 0.15) is 0 Å². The van der Waals surface area contributed by atoms with Crippen molar-refractivity contribution in [3.8, 4) is 0 Å². The predicted octanol–water partition coefficient (Wildman–Crippen LogP) is 3.28. The van der Waals surface area contributed by atoms with E-state index in [2.05, 4.69) is 38.0 Å². The predicted molar refractivity (Wildman–Crippen MR) is 76.4 cm³/mol. The molecular weight excluding hydrogens is 208 g/mol. The Morgan fingerprint density at radius 2 is 2.06 bits per heavy atom. The SMILES string of the molecule is CCCNCC(CC)N(C)C1CCCC(C)C1. The van der Waals surface area contributed by atoms with Crippen molar-refractivity contribution >= 4 is 0 Å². The Morgan fingerprint density at radius 1 is 1.29 bits per heavy atom. The van der Waals surface area contributed by atoms with Gasteiger partial charge in [0.25, 0.3) is 0 Å². The maximum atomic E-state index is 3.58. The van der Waals surface area contributed by atoms with Gasteiger partial charge in [-0.25, -0.2) is 0 Å². The fourth-order valence-electron chi connectivity index (χ4n) is 3.09. The lowest BCUT2D eigenvalue weighted by molar-refractivity contribution is 0.114. The quantitative estimate of drug-likeness (QED) is 0.687. The first-order chi connectivity index (χ1) is 8.19. The van der Waals surface area contributed by atoms with Crippen LogP contribution in [0, 0.1) is 5.92 Å². The molecule has 1 N–H and O–H groups in total. The second-order valence-electron chi connectivity index (χ2n) is 5.86. The molecule has 0 aromatic carbocycles. The Bertz CT molecular complexity index is 193. The van der Waals surface area contributed by atoms with E-state index in [0.29, 0.717) is 0 Å². The Hall–Kier alpha value is -0.0800. The first-order valence-electron chi connectivity index (χ1n) is 7.61. The summed E-state index contributed by atoms with van der Waals surface area (Å²) in [6.45, 7) is 9.29. The van der Waals surface area contributed by atoms with E-state index < -0.39 is 0 Å². The van der Waals surface area contributed by atoms with Gasteiger partial charge >= 0.3 is 0 Å². The van der Waals surface area contributed by atoms with E-state index in [0.717, 1.165) is 31.1 Å². The number of nitrogens with zero attached hydrogens (tertiary/aromatic N) is 1. The lowest BCUT2D eigenvalue weighted by atomic mass is 9.85. The summed E-state index contributed by atoms with van der Waals surface area (Å²) in [6, 6.07) is 1.55. The fraction of sp³-hybridized carbons (Fsp3) is 1.00. The van der Waals surface area contributed by atoms with E-state index in [9.17, 15) is 0 Å². The summed E-state index contributed by atoms with van der Waals surface area (Å²) in [7, 11) is 2.34. The van der Waals surface area contributed by atoms with Crippen molar-refractivity contribution in [2.75, 3.05) is 20.1 Å². The Labute approximate surface area is 108 Å². The molecule has 1 aliphatic carbocycles. The number of hydrogen-bond donors (Lipinski definition) is 1. The van der Waals surface area contributed by atoms with Crippen molar-refractivity contribution in [2.45, 2.75) is 71.4 Å². The Balaban J connectivity index is 2.38. The topological polar surface area (TPSA) is 15.3 Å². The molecule has 0 aromatic heterocycles. The van der Waals surface area contributed by atoms with Crippen molar-refractivity contribution < 1.29 is 0 Å². The van der Waals surface area contributed by atoms with E-state index >= 15 is 0 Å². The van der Waals surface area contributed by atoms with Gasteiger partial charge in [0.15, 0.2) is 0 Å². The number of hydrogen-bond acceptors (Lipinski definition) is 2. The van der Waals surface area contributed by atoms with Crippen LogP contribution in [0.2, 0.25) is 0 Å². The van der Waals surface area contributed by atoms with Crippen LogP contribution in [0.3, 0.4) is 0 Å². The van der Waals surface area contributed by atoms with Crippen LogP contribution in [0.25, 0.3) is 0 Å². The van der Waals surface area contributed by atoms with Crippen LogP contribution in [-0.2, 0) is 0 Å². The van der Waals surface area contributed by atoms with Crippen LogP contribution in [0.4, 0.5) is 0 Å². The fourth-order valence-corrected chi connectivity index (χ4v) is 3.09. The lowest BCUT2D eigenvalue weighted by Gasteiger charge is -2.39. The normalized spacial score (nSPS) is 27.4. The Morgan fingerprint density at radius 3 is 2.65 bits per heavy atom. The largest absolute Gasteiger partial charge is 0.315 e. The third-order valence-corrected chi connectivity index (χ3v) is 4.34. The first-order valence-corrected chi connectivity index (χ1v) is 7.61. The van der Waals surface area contributed by atoms with Crippen LogP contribution in [0.15, 0.2) is 0 Å². The number of nitrogens with one attached hydrogen (secondary N) is 1. The molecule has 1 fully saturated rings. The zero-order valence-corrected chi connectivity index (χ0v) is 12.3. The summed E-state index contributed by atoms with van der Waals surface area (Å²) in [5.74, 6) is 0.928. The standard InChI is InChI=1S/C15H32N2/c1-5-10-16-12-14(6-2)17(4)15-9-7-8-13(3)11-15/h13-16H,5-12H2,1-4H3. The van der Waals surface area contributed by atoms with E-state index in [1.165, 1.54) is 38.5 Å². The highest BCUT2D eigenvalue weighted by Crippen LogP contribution is 2.27. The summed E-state index contributed by atoms with van der Waals surface area (Å²) >= 11 is 0. The summed E-state index contributed by atoms with van der Waals surface area (Å²) in [5, 5.41) is 3.58. The highest BCUT2D eigenvalue weighted by molar-refractivity contribution is 4.82. The van der Waals surface area contributed by atoms with Crippen LogP contribution < -0.4 is 5.32 Å². The molecule has 102 valence electrons. The molecule has 3 unspecified atom stereocenters. The molecule has 2 nitrogen and oxygen atoms in total. The molecule has 1 saturated carbocycles. The lowest BCUT2D eigenvalue weighted by Crippen LogP contribution is -2.46. The van der Waals surface area contributed by atoms with Gasteiger partial charge in [-0.1, -0.05) is 33.6 Å². The third kappa shape index (κ3) is 4.97. The van der Waals surface area contributed by atoms with Crippen LogP contribution in [0.1, 0.15) is 59.3 Å². The molecule has 1 aliphatic rings. The smallest absolute Gasteiger partial charge is 0.0217 e. The molecular formula is C15H32N2. The second-order valence-corrected chi connectivity index (χ2v) is 5.86. The van der Waals surface area contributed by atoms with Crippen LogP contribution >= 0.6 is 0 Å². The molecule has 3 atom stereocenters. The number of rotatable bonds is 7. The van der Waals surface area contributed by atoms with Gasteiger partial charge in [0, 0.05) is 18.6 Å². The molecule has 0 radical (unpaired) electrons. The summed E-state index contributed by atoms with van der Waals surface area (Å²) < 4.78 is 0. The zero-order valence-electron chi connectivity index (χ0n) is 12.3. The van der Waals surface area contributed by atoms with Crippen molar-refractivity contribution in [1.82, 2.24) is 10.2 Å². The highest BCUT2D eigenvalue weighted by atomic mass is 15.2. The zero-order chi connectivity index (χ0) is 12.7. The molecule has 2 heteroatoms. The van der Waals surface area contributed by atoms with Gasteiger partial charge in [-0.3, -0.25) is 4.90 Å². The molecule has 0 bridgehead atoms. The monoisotopic (exact) mass is 240 g/mol. The van der Waals surface area contributed by atoms with E-state index in [4.69, 9.17) is 0 Å². The highest BCUT2D eigenvalue weighted by Gasteiger charge is 2.25. The van der Waals surface area contributed by atoms with Gasteiger partial charge in [-0.2, -0.15) is 0 Å². The van der Waals surface area contributed by atoms with Gasteiger partial charge in [-0.15, -0.1) is 0 Å². The second kappa shape index (κ2) is 8.10. The summed E-state index contributed by atoms with van der Waals surface area (Å²) in [5.41, 5.74) is 0. The minimum atomic E-state index is 0.719. The van der Waals surface area contributed by atoms with Crippen molar-refractivity contribution in [3.63, 3.8) is 0 Å². The molecule has 0 saturated heterocycles. The molecule has 0 aromatic rings. The van der Waals surface area contributed by atoms with E-state index in [1.54, 1.807) is 0 Å². The van der Waals surface area contributed by atoms with Crippen LogP contribution in [-0.4, -0.2) is 37.1 Å². The van der Waals surface area contributed by atoms with E-state index in [-0.39, 0.29) is 0 Å². The molecule has 0 heterocycles. The molecule has 0 amide bonds. The van der Waals surface area contributed by atoms with Gasteiger partial charge < -0.3 is 5.32 Å². The van der Waals surface area contributed by atoms with Gasteiger partial charge in [0.05, 0.1) is 0 Å². The van der Waals surface area contributed by atoms with Crippen LogP contribution in [0.5, 0.6) is 0 Å². The van der Waals surface area contributed by atoms with Crippen molar-refractivity contribution in [1.29, 1.82) is 0 Å².